The summed E-state index contributed by atoms with van der Waals surface area (Å²) in [5.74, 6) is 7.54. The van der Waals surface area contributed by atoms with Crippen LogP contribution in [0.5, 0.6) is 0 Å². The molecule has 286 valence electrons. The molecule has 0 radical (unpaired) electrons. The smallest absolute Gasteiger partial charge is 0.164 e. The minimum absolute atomic E-state index is 0.346. The highest BCUT2D eigenvalue weighted by molar-refractivity contribution is 5.80. The van der Waals surface area contributed by atoms with Crippen LogP contribution in [0.2, 0.25) is 0 Å². The molecule has 0 unspecified atom stereocenters. The molecule has 4 nitrogen and oxygen atoms in total. The number of nitriles is 1. The lowest BCUT2D eigenvalue weighted by molar-refractivity contribution is -0.00530. The third-order valence-corrected chi connectivity index (χ3v) is 15.8. The van der Waals surface area contributed by atoms with Crippen LogP contribution in [0.15, 0.2) is 121 Å². The zero-order valence-electron chi connectivity index (χ0n) is 33.3. The fourth-order valence-electron chi connectivity index (χ4n) is 14.1. The molecule has 14 rings (SSSR count). The van der Waals surface area contributed by atoms with Crippen LogP contribution in [0.1, 0.15) is 93.7 Å². The Morgan fingerprint density at radius 3 is 1.22 bits per heavy atom. The molecule has 0 aliphatic heterocycles. The summed E-state index contributed by atoms with van der Waals surface area (Å²) in [5.41, 5.74) is 11.6. The van der Waals surface area contributed by atoms with E-state index in [9.17, 15) is 5.26 Å². The molecule has 1 heterocycles. The van der Waals surface area contributed by atoms with Gasteiger partial charge < -0.3 is 0 Å². The van der Waals surface area contributed by atoms with Crippen molar-refractivity contribution in [3.63, 3.8) is 0 Å². The largest absolute Gasteiger partial charge is 0.208 e. The lowest BCUT2D eigenvalue weighted by atomic mass is 9.48. The third kappa shape index (κ3) is 5.95. The van der Waals surface area contributed by atoms with E-state index >= 15 is 0 Å². The van der Waals surface area contributed by atoms with Crippen molar-refractivity contribution in [1.29, 1.82) is 5.26 Å². The van der Waals surface area contributed by atoms with Crippen LogP contribution < -0.4 is 0 Å². The molecule has 0 amide bonds. The Morgan fingerprint density at radius 1 is 0.379 bits per heavy atom. The van der Waals surface area contributed by atoms with Gasteiger partial charge in [0.15, 0.2) is 17.5 Å². The van der Waals surface area contributed by atoms with Gasteiger partial charge in [0.25, 0.3) is 0 Å². The molecule has 58 heavy (non-hydrogen) atoms. The minimum Gasteiger partial charge on any atom is -0.208 e. The van der Waals surface area contributed by atoms with E-state index in [1.165, 1.54) is 88.2 Å². The number of benzene rings is 5. The molecule has 4 heteroatoms. The van der Waals surface area contributed by atoms with Gasteiger partial charge in [-0.3, -0.25) is 0 Å². The number of hydrogen-bond acceptors (Lipinski definition) is 4. The van der Waals surface area contributed by atoms with Crippen LogP contribution in [0, 0.1) is 46.8 Å². The van der Waals surface area contributed by atoms with E-state index in [0.29, 0.717) is 33.9 Å². The first-order chi connectivity index (χ1) is 28.4. The topological polar surface area (TPSA) is 62.5 Å². The van der Waals surface area contributed by atoms with E-state index in [-0.39, 0.29) is 0 Å². The van der Waals surface area contributed by atoms with Crippen molar-refractivity contribution in [3.8, 4) is 62.5 Å². The SMILES string of the molecule is N#Cc1cccc(-c2cc(-c3ccccc3)cc(-c3nc(-c4ccc(C56C[C@H]7C[C@@H](C5)C[C@@H](C6)C7)cc4)nc(-c4ccc(C56C[C@H]7C[C@@H](C5)C[C@@H](C6)C7)cc4)n3)c2)c1. The number of hydrogen-bond donors (Lipinski definition) is 0. The van der Waals surface area contributed by atoms with Gasteiger partial charge in [-0.15, -0.1) is 0 Å². The Kier molecular flexibility index (Phi) is 7.95. The molecule has 8 saturated carbocycles. The molecule has 0 saturated heterocycles. The second kappa shape index (κ2) is 13.3. The van der Waals surface area contributed by atoms with Crippen LogP contribution >= 0.6 is 0 Å². The van der Waals surface area contributed by atoms with Gasteiger partial charge in [-0.05, 0) is 187 Å². The summed E-state index contributed by atoms with van der Waals surface area (Å²) in [6, 6.07) is 46.1. The zero-order chi connectivity index (χ0) is 38.4. The standard InChI is InChI=1S/C54H50N4/c55-33-34-5-4-8-44(23-34)46-24-45(41-6-2-1-3-7-41)25-47(26-46)52-57-50(42-9-13-48(14-10-42)53-27-35-17-36(28-53)19-37(18-35)29-53)56-51(58-52)43-11-15-49(16-12-43)54-30-38-20-39(31-54)22-40(21-38)32-54/h1-16,23-26,35-40H,17-22,27-32H2/t35-,36+,37-,38-,39+,40-,53?,54?. The van der Waals surface area contributed by atoms with Gasteiger partial charge >= 0.3 is 0 Å². The zero-order valence-corrected chi connectivity index (χ0v) is 33.3. The van der Waals surface area contributed by atoms with E-state index in [0.717, 1.165) is 74.5 Å². The van der Waals surface area contributed by atoms with Gasteiger partial charge in [0.05, 0.1) is 11.6 Å². The maximum atomic E-state index is 9.77. The Labute approximate surface area is 342 Å². The van der Waals surface area contributed by atoms with Gasteiger partial charge in [0, 0.05) is 16.7 Å². The van der Waals surface area contributed by atoms with Crippen molar-refractivity contribution in [3.05, 3.63) is 138 Å². The summed E-state index contributed by atoms with van der Waals surface area (Å²) in [5, 5.41) is 9.77. The number of aromatic nitrogens is 3. The second-order valence-corrected chi connectivity index (χ2v) is 19.7. The van der Waals surface area contributed by atoms with Crippen LogP contribution in [0.3, 0.4) is 0 Å². The maximum Gasteiger partial charge on any atom is 0.164 e. The summed E-state index contributed by atoms with van der Waals surface area (Å²) in [4.78, 5) is 15.9. The van der Waals surface area contributed by atoms with E-state index in [1.807, 2.05) is 18.2 Å². The summed E-state index contributed by atoms with van der Waals surface area (Å²) >= 11 is 0. The van der Waals surface area contributed by atoms with Crippen molar-refractivity contribution >= 4 is 0 Å². The second-order valence-electron chi connectivity index (χ2n) is 19.7. The summed E-state index contributed by atoms with van der Waals surface area (Å²) < 4.78 is 0. The van der Waals surface area contributed by atoms with Gasteiger partial charge in [-0.2, -0.15) is 5.26 Å². The van der Waals surface area contributed by atoms with Crippen molar-refractivity contribution in [1.82, 2.24) is 15.0 Å². The Morgan fingerprint density at radius 2 is 0.776 bits per heavy atom. The molecule has 0 spiro atoms. The maximum absolute atomic E-state index is 9.77. The molecule has 5 aromatic carbocycles. The first-order valence-corrected chi connectivity index (χ1v) is 22.1. The van der Waals surface area contributed by atoms with Crippen molar-refractivity contribution < 1.29 is 0 Å². The Hall–Kier alpha value is -5.40. The van der Waals surface area contributed by atoms with Gasteiger partial charge in [-0.25, -0.2) is 15.0 Å². The van der Waals surface area contributed by atoms with E-state index in [1.54, 1.807) is 0 Å². The quantitative estimate of drug-likeness (QED) is 0.163. The molecule has 0 atom stereocenters. The minimum atomic E-state index is 0.346. The third-order valence-electron chi connectivity index (χ3n) is 15.8. The first kappa shape index (κ1) is 34.6. The predicted octanol–water partition coefficient (Wildman–Crippen LogP) is 13.0. The average molecular weight is 755 g/mol. The summed E-state index contributed by atoms with van der Waals surface area (Å²) in [6.07, 6.45) is 16.9. The van der Waals surface area contributed by atoms with Crippen LogP contribution in [0.25, 0.3) is 56.4 Å². The molecule has 8 aliphatic carbocycles. The van der Waals surface area contributed by atoms with E-state index in [4.69, 9.17) is 15.0 Å². The highest BCUT2D eigenvalue weighted by Gasteiger charge is 2.52. The Bertz CT molecular complexity index is 2400. The van der Waals surface area contributed by atoms with Crippen molar-refractivity contribution in [2.24, 2.45) is 35.5 Å². The Balaban J connectivity index is 0.970. The molecule has 6 aromatic rings. The molecular formula is C54H50N4. The van der Waals surface area contributed by atoms with Crippen LogP contribution in [0.4, 0.5) is 0 Å². The first-order valence-electron chi connectivity index (χ1n) is 22.1. The molecular weight excluding hydrogens is 705 g/mol. The number of nitrogens with zero attached hydrogens (tertiary/aromatic N) is 4. The van der Waals surface area contributed by atoms with Gasteiger partial charge in [0.2, 0.25) is 0 Å². The lowest BCUT2D eigenvalue weighted by Gasteiger charge is -2.57. The number of rotatable bonds is 7. The van der Waals surface area contributed by atoms with Crippen LogP contribution in [-0.4, -0.2) is 15.0 Å². The predicted molar refractivity (Wildman–Crippen MR) is 231 cm³/mol. The van der Waals surface area contributed by atoms with Crippen molar-refractivity contribution in [2.45, 2.75) is 87.9 Å². The van der Waals surface area contributed by atoms with Crippen LogP contribution in [-0.2, 0) is 10.8 Å². The lowest BCUT2D eigenvalue weighted by Crippen LogP contribution is -2.48. The van der Waals surface area contributed by atoms with Crippen molar-refractivity contribution in [2.75, 3.05) is 0 Å². The monoisotopic (exact) mass is 754 g/mol. The highest BCUT2D eigenvalue weighted by atomic mass is 15.0. The molecule has 1 aromatic heterocycles. The van der Waals surface area contributed by atoms with E-state index < -0.39 is 0 Å². The highest BCUT2D eigenvalue weighted by Crippen LogP contribution is 2.62. The summed E-state index contributed by atoms with van der Waals surface area (Å²) in [7, 11) is 0. The molecule has 0 N–H and O–H groups in total. The fraction of sp³-hybridized carbons (Fsp3) is 0.370. The normalized spacial score (nSPS) is 30.1. The van der Waals surface area contributed by atoms with E-state index in [2.05, 4.69) is 109 Å². The molecule has 8 fully saturated rings. The van der Waals surface area contributed by atoms with Gasteiger partial charge in [-0.1, -0.05) is 91.0 Å². The summed E-state index contributed by atoms with van der Waals surface area (Å²) in [6.45, 7) is 0. The average Bonchev–Trinajstić information content (AvgIpc) is 3.25. The van der Waals surface area contributed by atoms with Gasteiger partial charge in [0.1, 0.15) is 0 Å². The fourth-order valence-corrected chi connectivity index (χ4v) is 14.1. The molecule has 8 bridgehead atoms. The molecule has 8 aliphatic rings.